The van der Waals surface area contributed by atoms with Crippen LogP contribution in [0.4, 0.5) is 13.2 Å². The first-order valence-corrected chi connectivity index (χ1v) is 8.12. The standard InChI is InChI=1S/C16H22BrF3/c1-2-3-4-8-11-14(17)12-15(16(18,19)20)13-9-6-5-7-10-13/h5-7,9-10,14-15H,2-4,8,11-12H2,1H3/t14-,15-/m0/s1. The summed E-state index contributed by atoms with van der Waals surface area (Å²) in [4.78, 5) is -0.0776. The number of unbranched alkanes of at least 4 members (excludes halogenated alkanes) is 3. The van der Waals surface area contributed by atoms with Gasteiger partial charge < -0.3 is 0 Å². The van der Waals surface area contributed by atoms with Gasteiger partial charge in [0.1, 0.15) is 0 Å². The van der Waals surface area contributed by atoms with Gasteiger partial charge in [0.25, 0.3) is 0 Å². The summed E-state index contributed by atoms with van der Waals surface area (Å²) in [7, 11) is 0. The summed E-state index contributed by atoms with van der Waals surface area (Å²) in [5, 5.41) is 0. The van der Waals surface area contributed by atoms with Gasteiger partial charge in [0.15, 0.2) is 0 Å². The lowest BCUT2D eigenvalue weighted by molar-refractivity contribution is -0.151. The van der Waals surface area contributed by atoms with Crippen LogP contribution in [0.2, 0.25) is 0 Å². The highest BCUT2D eigenvalue weighted by Crippen LogP contribution is 2.40. The molecular formula is C16H22BrF3. The SMILES string of the molecule is CCCCCC[C@H](Br)C[C@@H](c1ccccc1)C(F)(F)F. The summed E-state index contributed by atoms with van der Waals surface area (Å²) in [5.74, 6) is -1.38. The second-order valence-electron chi connectivity index (χ2n) is 5.19. The van der Waals surface area contributed by atoms with Crippen LogP contribution < -0.4 is 0 Å². The fraction of sp³-hybridized carbons (Fsp3) is 0.625. The lowest BCUT2D eigenvalue weighted by Gasteiger charge is -2.23. The molecule has 0 aromatic heterocycles. The molecule has 114 valence electrons. The molecule has 0 fully saturated rings. The van der Waals surface area contributed by atoms with Gasteiger partial charge in [0, 0.05) is 4.83 Å². The molecule has 0 heterocycles. The minimum atomic E-state index is -4.18. The predicted molar refractivity (Wildman–Crippen MR) is 81.3 cm³/mol. The molecule has 0 N–H and O–H groups in total. The van der Waals surface area contributed by atoms with E-state index in [1.54, 1.807) is 30.3 Å². The zero-order valence-corrected chi connectivity index (χ0v) is 13.4. The molecule has 2 atom stereocenters. The number of hydrogen-bond acceptors (Lipinski definition) is 0. The minimum Gasteiger partial charge on any atom is -0.170 e. The van der Waals surface area contributed by atoms with Gasteiger partial charge in [-0.05, 0) is 18.4 Å². The molecule has 1 aromatic rings. The average molecular weight is 351 g/mol. The van der Waals surface area contributed by atoms with Gasteiger partial charge in [-0.3, -0.25) is 0 Å². The lowest BCUT2D eigenvalue weighted by atomic mass is 9.92. The van der Waals surface area contributed by atoms with Crippen molar-refractivity contribution in [2.75, 3.05) is 0 Å². The molecule has 0 saturated heterocycles. The van der Waals surface area contributed by atoms with Crippen LogP contribution in [0.1, 0.15) is 56.9 Å². The summed E-state index contributed by atoms with van der Waals surface area (Å²) in [6, 6.07) is 8.20. The predicted octanol–water partition coefficient (Wildman–Crippen LogP) is 6.46. The summed E-state index contributed by atoms with van der Waals surface area (Å²) < 4.78 is 39.6. The summed E-state index contributed by atoms with van der Waals surface area (Å²) >= 11 is 3.42. The van der Waals surface area contributed by atoms with Gasteiger partial charge in [-0.15, -0.1) is 0 Å². The Kier molecular flexibility index (Phi) is 7.63. The van der Waals surface area contributed by atoms with Crippen LogP contribution in [0, 0.1) is 0 Å². The fourth-order valence-corrected chi connectivity index (χ4v) is 3.01. The van der Waals surface area contributed by atoms with Crippen LogP contribution in [-0.2, 0) is 0 Å². The molecule has 0 aliphatic rings. The van der Waals surface area contributed by atoms with Gasteiger partial charge >= 0.3 is 6.18 Å². The Bertz CT molecular complexity index is 362. The Morgan fingerprint density at radius 1 is 1.05 bits per heavy atom. The first-order chi connectivity index (χ1) is 9.45. The molecular weight excluding hydrogens is 329 g/mol. The maximum Gasteiger partial charge on any atom is 0.395 e. The van der Waals surface area contributed by atoms with E-state index in [2.05, 4.69) is 22.9 Å². The summed E-state index contributed by atoms with van der Waals surface area (Å²) in [6.45, 7) is 2.13. The average Bonchev–Trinajstić information content (AvgIpc) is 2.41. The molecule has 0 unspecified atom stereocenters. The number of benzene rings is 1. The van der Waals surface area contributed by atoms with Crippen LogP contribution in [-0.4, -0.2) is 11.0 Å². The monoisotopic (exact) mass is 350 g/mol. The Morgan fingerprint density at radius 2 is 1.70 bits per heavy atom. The molecule has 0 aliphatic carbocycles. The lowest BCUT2D eigenvalue weighted by Crippen LogP contribution is -2.23. The molecule has 0 bridgehead atoms. The van der Waals surface area contributed by atoms with E-state index in [9.17, 15) is 13.2 Å². The zero-order chi connectivity index (χ0) is 15.0. The van der Waals surface area contributed by atoms with E-state index in [-0.39, 0.29) is 11.2 Å². The van der Waals surface area contributed by atoms with E-state index in [0.717, 1.165) is 32.1 Å². The van der Waals surface area contributed by atoms with Gasteiger partial charge in [-0.2, -0.15) is 13.2 Å². The maximum atomic E-state index is 13.2. The van der Waals surface area contributed by atoms with Crippen molar-refractivity contribution >= 4 is 15.9 Å². The highest BCUT2D eigenvalue weighted by atomic mass is 79.9. The van der Waals surface area contributed by atoms with Crippen molar-refractivity contribution in [1.82, 2.24) is 0 Å². The van der Waals surface area contributed by atoms with Gasteiger partial charge in [0.05, 0.1) is 5.92 Å². The second kappa shape index (κ2) is 8.71. The highest BCUT2D eigenvalue weighted by Gasteiger charge is 2.41. The molecule has 20 heavy (non-hydrogen) atoms. The number of rotatable bonds is 8. The van der Waals surface area contributed by atoms with Crippen LogP contribution >= 0.6 is 15.9 Å². The smallest absolute Gasteiger partial charge is 0.170 e. The van der Waals surface area contributed by atoms with Crippen LogP contribution in [0.3, 0.4) is 0 Å². The Labute approximate surface area is 127 Å². The number of alkyl halides is 4. The molecule has 0 radical (unpaired) electrons. The second-order valence-corrected chi connectivity index (χ2v) is 6.48. The molecule has 1 aromatic carbocycles. The Hall–Kier alpha value is -0.510. The highest BCUT2D eigenvalue weighted by molar-refractivity contribution is 9.09. The summed E-state index contributed by atoms with van der Waals surface area (Å²) in [6.07, 6.45) is 1.11. The Morgan fingerprint density at radius 3 is 2.25 bits per heavy atom. The Balaban J connectivity index is 2.58. The number of halogens is 4. The number of hydrogen-bond donors (Lipinski definition) is 0. The van der Waals surface area contributed by atoms with E-state index >= 15 is 0 Å². The molecule has 0 amide bonds. The van der Waals surface area contributed by atoms with Crippen LogP contribution in [0.15, 0.2) is 30.3 Å². The van der Waals surface area contributed by atoms with E-state index in [1.807, 2.05) is 0 Å². The third kappa shape index (κ3) is 6.29. The molecule has 1 rings (SSSR count). The van der Waals surface area contributed by atoms with Crippen molar-refractivity contribution in [3.05, 3.63) is 35.9 Å². The van der Waals surface area contributed by atoms with Gasteiger partial charge in [-0.25, -0.2) is 0 Å². The normalized spacial score (nSPS) is 15.1. The topological polar surface area (TPSA) is 0 Å². The third-order valence-corrected chi connectivity index (χ3v) is 4.29. The van der Waals surface area contributed by atoms with Crippen LogP contribution in [0.25, 0.3) is 0 Å². The van der Waals surface area contributed by atoms with Crippen molar-refractivity contribution in [2.24, 2.45) is 0 Å². The third-order valence-electron chi connectivity index (χ3n) is 3.46. The van der Waals surface area contributed by atoms with Gasteiger partial charge in [0.2, 0.25) is 0 Å². The van der Waals surface area contributed by atoms with Crippen LogP contribution in [0.5, 0.6) is 0 Å². The molecule has 4 heteroatoms. The van der Waals surface area contributed by atoms with E-state index in [0.29, 0.717) is 5.56 Å². The van der Waals surface area contributed by atoms with Crippen molar-refractivity contribution in [3.63, 3.8) is 0 Å². The minimum absolute atomic E-state index is 0.0776. The molecule has 0 spiro atoms. The fourth-order valence-electron chi connectivity index (χ4n) is 2.31. The van der Waals surface area contributed by atoms with E-state index < -0.39 is 12.1 Å². The van der Waals surface area contributed by atoms with Crippen molar-refractivity contribution in [1.29, 1.82) is 0 Å². The van der Waals surface area contributed by atoms with E-state index in [1.165, 1.54) is 0 Å². The first-order valence-electron chi connectivity index (χ1n) is 7.21. The zero-order valence-electron chi connectivity index (χ0n) is 11.8. The van der Waals surface area contributed by atoms with Crippen molar-refractivity contribution < 1.29 is 13.2 Å². The quantitative estimate of drug-likeness (QED) is 0.373. The first kappa shape index (κ1) is 17.5. The summed E-state index contributed by atoms with van der Waals surface area (Å²) in [5.41, 5.74) is 0.359. The molecule has 0 aliphatic heterocycles. The molecule has 0 saturated carbocycles. The maximum absolute atomic E-state index is 13.2. The van der Waals surface area contributed by atoms with Crippen molar-refractivity contribution in [2.45, 2.75) is 62.4 Å². The van der Waals surface area contributed by atoms with Gasteiger partial charge in [-0.1, -0.05) is 78.9 Å². The largest absolute Gasteiger partial charge is 0.395 e. The van der Waals surface area contributed by atoms with Crippen molar-refractivity contribution in [3.8, 4) is 0 Å². The van der Waals surface area contributed by atoms with E-state index in [4.69, 9.17) is 0 Å². The molecule has 0 nitrogen and oxygen atoms in total.